The molecule has 0 saturated carbocycles. The predicted molar refractivity (Wildman–Crippen MR) is 103 cm³/mol. The molecule has 2 aromatic rings. The maximum absolute atomic E-state index is 11.7. The minimum Gasteiger partial charge on any atom is -0.484 e. The maximum Gasteiger partial charge on any atom is 0.276 e. The molecule has 0 heterocycles. The van der Waals surface area contributed by atoms with Gasteiger partial charge in [-0.05, 0) is 47.4 Å². The molecule has 0 spiro atoms. The van der Waals surface area contributed by atoms with Crippen molar-refractivity contribution in [2.24, 2.45) is 0 Å². The van der Waals surface area contributed by atoms with E-state index < -0.39 is 11.8 Å². The molecule has 2 amide bonds. The maximum atomic E-state index is 11.7. The van der Waals surface area contributed by atoms with Crippen LogP contribution in [0.2, 0.25) is 5.02 Å². The molecule has 6 heteroatoms. The number of carbonyl (C=O) groups excluding carboxylic acids is 2. The third kappa shape index (κ3) is 6.61. The predicted octanol–water partition coefficient (Wildman–Crippen LogP) is 3.70. The van der Waals surface area contributed by atoms with E-state index in [1.807, 2.05) is 24.3 Å². The van der Waals surface area contributed by atoms with Gasteiger partial charge in [0.2, 0.25) is 0 Å². The van der Waals surface area contributed by atoms with E-state index in [0.29, 0.717) is 16.7 Å². The van der Waals surface area contributed by atoms with E-state index in [2.05, 4.69) is 24.7 Å². The lowest BCUT2D eigenvalue weighted by atomic mass is 10.0. The Hall–Kier alpha value is -2.79. The summed E-state index contributed by atoms with van der Waals surface area (Å²) in [6, 6.07) is 14.6. The second-order valence-corrected chi connectivity index (χ2v) is 6.37. The molecule has 0 aliphatic heterocycles. The molecule has 0 atom stereocenters. The summed E-state index contributed by atoms with van der Waals surface area (Å²) >= 11 is 5.79. The van der Waals surface area contributed by atoms with Crippen LogP contribution < -0.4 is 15.6 Å². The summed E-state index contributed by atoms with van der Waals surface area (Å²) in [5, 5.41) is 0.623. The standard InChI is InChI=1S/C20H21ClN2O3/c1-14(2)16-6-10-18(11-7-16)26-13-20(25)23-22-19(24)12-5-15-3-8-17(21)9-4-15/h3-12,14H,13H2,1-2H3,(H,22,24)(H,23,25)/b12-5+. The van der Waals surface area contributed by atoms with Gasteiger partial charge in [-0.3, -0.25) is 20.4 Å². The molecular formula is C20H21ClN2O3. The van der Waals surface area contributed by atoms with E-state index in [-0.39, 0.29) is 6.61 Å². The normalized spacial score (nSPS) is 10.8. The number of ether oxygens (including phenoxy) is 1. The third-order valence-electron chi connectivity index (χ3n) is 3.54. The Bertz CT molecular complexity index is 769. The Labute approximate surface area is 158 Å². The van der Waals surface area contributed by atoms with E-state index in [1.54, 1.807) is 30.3 Å². The highest BCUT2D eigenvalue weighted by Crippen LogP contribution is 2.18. The lowest BCUT2D eigenvalue weighted by molar-refractivity contribution is -0.128. The molecule has 136 valence electrons. The highest BCUT2D eigenvalue weighted by molar-refractivity contribution is 6.30. The molecule has 26 heavy (non-hydrogen) atoms. The van der Waals surface area contributed by atoms with Crippen molar-refractivity contribution in [2.45, 2.75) is 19.8 Å². The number of carbonyl (C=O) groups is 2. The van der Waals surface area contributed by atoms with Crippen molar-refractivity contribution >= 4 is 29.5 Å². The van der Waals surface area contributed by atoms with Gasteiger partial charge in [0.05, 0.1) is 0 Å². The molecule has 0 aromatic heterocycles. The number of hydrazine groups is 1. The van der Waals surface area contributed by atoms with Crippen LogP contribution in [-0.4, -0.2) is 18.4 Å². The minimum absolute atomic E-state index is 0.192. The van der Waals surface area contributed by atoms with Gasteiger partial charge in [0.1, 0.15) is 5.75 Å². The van der Waals surface area contributed by atoms with Crippen LogP contribution >= 0.6 is 11.6 Å². The van der Waals surface area contributed by atoms with Crippen molar-refractivity contribution in [3.8, 4) is 5.75 Å². The number of halogens is 1. The summed E-state index contributed by atoms with van der Waals surface area (Å²) < 4.78 is 5.38. The highest BCUT2D eigenvalue weighted by Gasteiger charge is 2.05. The number of benzene rings is 2. The first-order chi connectivity index (χ1) is 12.4. The first kappa shape index (κ1) is 19.5. The van der Waals surface area contributed by atoms with Crippen LogP contribution in [0.4, 0.5) is 0 Å². The highest BCUT2D eigenvalue weighted by atomic mass is 35.5. The van der Waals surface area contributed by atoms with Crippen molar-refractivity contribution in [1.29, 1.82) is 0 Å². The Morgan fingerprint density at radius 3 is 2.31 bits per heavy atom. The lowest BCUT2D eigenvalue weighted by Gasteiger charge is -2.09. The van der Waals surface area contributed by atoms with Gasteiger partial charge < -0.3 is 4.74 Å². The van der Waals surface area contributed by atoms with Crippen molar-refractivity contribution in [1.82, 2.24) is 10.9 Å². The zero-order chi connectivity index (χ0) is 18.9. The lowest BCUT2D eigenvalue weighted by Crippen LogP contribution is -2.43. The van der Waals surface area contributed by atoms with E-state index >= 15 is 0 Å². The molecule has 0 bridgehead atoms. The van der Waals surface area contributed by atoms with Crippen LogP contribution in [0, 0.1) is 0 Å². The van der Waals surface area contributed by atoms with Crippen LogP contribution in [0.25, 0.3) is 6.08 Å². The fraction of sp³-hybridized carbons (Fsp3) is 0.200. The summed E-state index contributed by atoms with van der Waals surface area (Å²) in [5.74, 6) is 0.128. The second kappa shape index (κ2) is 9.63. The average molecular weight is 373 g/mol. The topological polar surface area (TPSA) is 67.4 Å². The molecule has 0 saturated heterocycles. The molecule has 2 rings (SSSR count). The van der Waals surface area contributed by atoms with Gasteiger partial charge in [-0.25, -0.2) is 0 Å². The average Bonchev–Trinajstić information content (AvgIpc) is 2.64. The largest absolute Gasteiger partial charge is 0.484 e. The molecule has 0 unspecified atom stereocenters. The zero-order valence-corrected chi connectivity index (χ0v) is 15.4. The Morgan fingerprint density at radius 2 is 1.69 bits per heavy atom. The summed E-state index contributed by atoms with van der Waals surface area (Å²) in [5.41, 5.74) is 6.60. The second-order valence-electron chi connectivity index (χ2n) is 5.93. The first-order valence-corrected chi connectivity index (χ1v) is 8.57. The number of amides is 2. The number of hydrogen-bond acceptors (Lipinski definition) is 3. The minimum atomic E-state index is -0.453. The van der Waals surface area contributed by atoms with E-state index in [9.17, 15) is 9.59 Å². The van der Waals surface area contributed by atoms with Gasteiger partial charge in [-0.15, -0.1) is 0 Å². The number of hydrogen-bond donors (Lipinski definition) is 2. The van der Waals surface area contributed by atoms with Gasteiger partial charge in [0.15, 0.2) is 6.61 Å². The number of nitrogens with one attached hydrogen (secondary N) is 2. The Balaban J connectivity index is 1.72. The van der Waals surface area contributed by atoms with Crippen molar-refractivity contribution in [3.05, 3.63) is 70.8 Å². The monoisotopic (exact) mass is 372 g/mol. The molecular weight excluding hydrogens is 352 g/mol. The molecule has 5 nitrogen and oxygen atoms in total. The third-order valence-corrected chi connectivity index (χ3v) is 3.79. The fourth-order valence-corrected chi connectivity index (χ4v) is 2.18. The van der Waals surface area contributed by atoms with Crippen LogP contribution in [-0.2, 0) is 9.59 Å². The summed E-state index contributed by atoms with van der Waals surface area (Å²) in [6.07, 6.45) is 2.93. The van der Waals surface area contributed by atoms with E-state index in [1.165, 1.54) is 11.6 Å². The molecule has 2 aromatic carbocycles. The molecule has 0 radical (unpaired) electrons. The van der Waals surface area contributed by atoms with Gasteiger partial charge in [-0.2, -0.15) is 0 Å². The van der Waals surface area contributed by atoms with Crippen LogP contribution in [0.5, 0.6) is 5.75 Å². The number of rotatable bonds is 6. The smallest absolute Gasteiger partial charge is 0.276 e. The van der Waals surface area contributed by atoms with E-state index in [4.69, 9.17) is 16.3 Å². The molecule has 0 aliphatic rings. The van der Waals surface area contributed by atoms with Gasteiger partial charge in [0.25, 0.3) is 11.8 Å². The quantitative estimate of drug-likeness (QED) is 0.600. The molecule has 0 aliphatic carbocycles. The van der Waals surface area contributed by atoms with Gasteiger partial charge in [-0.1, -0.05) is 49.7 Å². The van der Waals surface area contributed by atoms with Crippen LogP contribution in [0.15, 0.2) is 54.6 Å². The first-order valence-electron chi connectivity index (χ1n) is 8.19. The summed E-state index contributed by atoms with van der Waals surface area (Å²) in [6.45, 7) is 4.02. The van der Waals surface area contributed by atoms with Crippen LogP contribution in [0.1, 0.15) is 30.9 Å². The SMILES string of the molecule is CC(C)c1ccc(OCC(=O)NNC(=O)/C=C/c2ccc(Cl)cc2)cc1. The summed E-state index contributed by atoms with van der Waals surface area (Å²) in [4.78, 5) is 23.4. The van der Waals surface area contributed by atoms with Gasteiger partial charge >= 0.3 is 0 Å². The van der Waals surface area contributed by atoms with Gasteiger partial charge in [0, 0.05) is 11.1 Å². The van der Waals surface area contributed by atoms with Crippen molar-refractivity contribution < 1.29 is 14.3 Å². The van der Waals surface area contributed by atoms with Crippen molar-refractivity contribution in [3.63, 3.8) is 0 Å². The molecule has 0 fully saturated rings. The fourth-order valence-electron chi connectivity index (χ4n) is 2.05. The summed E-state index contributed by atoms with van der Waals surface area (Å²) in [7, 11) is 0. The van der Waals surface area contributed by atoms with E-state index in [0.717, 1.165) is 5.56 Å². The Morgan fingerprint density at radius 1 is 1.04 bits per heavy atom. The van der Waals surface area contributed by atoms with Crippen molar-refractivity contribution in [2.75, 3.05) is 6.61 Å². The Kier molecular flexibility index (Phi) is 7.24. The zero-order valence-electron chi connectivity index (χ0n) is 14.7. The molecule has 2 N–H and O–H groups in total. The van der Waals surface area contributed by atoms with Crippen LogP contribution in [0.3, 0.4) is 0 Å².